The number of rotatable bonds is 5. The van der Waals surface area contributed by atoms with Gasteiger partial charge >= 0.3 is 5.97 Å². The van der Waals surface area contributed by atoms with Crippen LogP contribution in [0.4, 0.5) is 4.39 Å². The number of benzene rings is 1. The molecule has 0 bridgehead atoms. The number of likely N-dealkylation sites (tertiary alicyclic amines) is 1. The van der Waals surface area contributed by atoms with E-state index in [1.165, 1.54) is 18.2 Å². The molecule has 0 spiro atoms. The second kappa shape index (κ2) is 7.17. The topological polar surface area (TPSA) is 92.9 Å². The number of amides is 1. The summed E-state index contributed by atoms with van der Waals surface area (Å²) in [7, 11) is 0. The maximum Gasteiger partial charge on any atom is 0.348 e. The summed E-state index contributed by atoms with van der Waals surface area (Å²) >= 11 is 0. The number of piperidine rings is 1. The Bertz CT molecular complexity index is 612. The van der Waals surface area contributed by atoms with E-state index in [4.69, 9.17) is 10.5 Å². The Morgan fingerprint density at radius 1 is 1.29 bits per heavy atom. The first kappa shape index (κ1) is 18.2. The minimum atomic E-state index is -1.54. The van der Waals surface area contributed by atoms with Crippen LogP contribution in [0.3, 0.4) is 0 Å². The zero-order chi connectivity index (χ0) is 17.9. The van der Waals surface area contributed by atoms with E-state index >= 15 is 0 Å². The number of carboxylic acid groups (broad SMARTS) is 1. The number of carbonyl (C=O) groups is 2. The Kier molecular flexibility index (Phi) is 5.43. The van der Waals surface area contributed by atoms with E-state index in [0.717, 1.165) is 0 Å². The summed E-state index contributed by atoms with van der Waals surface area (Å²) in [6, 6.07) is 5.07. The molecule has 24 heavy (non-hydrogen) atoms. The highest BCUT2D eigenvalue weighted by Gasteiger charge is 2.45. The smallest absolute Gasteiger partial charge is 0.348 e. The quantitative estimate of drug-likeness (QED) is 0.851. The van der Waals surface area contributed by atoms with E-state index in [1.807, 2.05) is 13.8 Å². The van der Waals surface area contributed by atoms with Gasteiger partial charge in [-0.15, -0.1) is 0 Å². The number of nitrogens with zero attached hydrogens (tertiary/aromatic N) is 1. The van der Waals surface area contributed by atoms with Crippen molar-refractivity contribution >= 4 is 11.9 Å². The molecule has 132 valence electrons. The molecule has 0 saturated carbocycles. The van der Waals surface area contributed by atoms with Crippen LogP contribution in [-0.4, -0.2) is 46.6 Å². The minimum absolute atomic E-state index is 0.00155. The van der Waals surface area contributed by atoms with Crippen molar-refractivity contribution in [1.29, 1.82) is 0 Å². The van der Waals surface area contributed by atoms with Crippen molar-refractivity contribution in [2.24, 2.45) is 11.7 Å². The largest absolute Gasteiger partial charge is 0.478 e. The van der Waals surface area contributed by atoms with Gasteiger partial charge < -0.3 is 20.5 Å². The van der Waals surface area contributed by atoms with Crippen molar-refractivity contribution in [3.63, 3.8) is 0 Å². The zero-order valence-corrected chi connectivity index (χ0v) is 13.9. The number of hydrogen-bond donors (Lipinski definition) is 2. The van der Waals surface area contributed by atoms with Gasteiger partial charge in [-0.25, -0.2) is 9.18 Å². The number of ether oxygens (including phenoxy) is 1. The van der Waals surface area contributed by atoms with Crippen LogP contribution in [-0.2, 0) is 9.59 Å². The lowest BCUT2D eigenvalue weighted by Gasteiger charge is -2.39. The number of carboxylic acids is 1. The van der Waals surface area contributed by atoms with Gasteiger partial charge in [-0.1, -0.05) is 26.0 Å². The van der Waals surface area contributed by atoms with Crippen LogP contribution in [0.5, 0.6) is 5.75 Å². The van der Waals surface area contributed by atoms with Crippen LogP contribution in [0.2, 0.25) is 0 Å². The van der Waals surface area contributed by atoms with Gasteiger partial charge in [0.2, 0.25) is 11.5 Å². The maximum atomic E-state index is 13.8. The van der Waals surface area contributed by atoms with Crippen LogP contribution in [0.15, 0.2) is 24.3 Å². The lowest BCUT2D eigenvalue weighted by molar-refractivity contribution is -0.162. The van der Waals surface area contributed by atoms with Crippen molar-refractivity contribution in [1.82, 2.24) is 4.90 Å². The number of nitrogens with two attached hydrogens (primary N) is 1. The Labute approximate surface area is 140 Å². The summed E-state index contributed by atoms with van der Waals surface area (Å²) in [4.78, 5) is 25.6. The highest BCUT2D eigenvalue weighted by molar-refractivity contribution is 5.83. The molecule has 1 atom stereocenters. The van der Waals surface area contributed by atoms with Crippen LogP contribution in [0.1, 0.15) is 26.7 Å². The molecule has 1 aliphatic rings. The average molecular weight is 338 g/mol. The monoisotopic (exact) mass is 338 g/mol. The Morgan fingerprint density at radius 2 is 1.88 bits per heavy atom. The van der Waals surface area contributed by atoms with Crippen LogP contribution in [0.25, 0.3) is 0 Å². The van der Waals surface area contributed by atoms with E-state index in [0.29, 0.717) is 0 Å². The standard InChI is InChI=1S/C17H23FN2O4/c1-11(2)14(19)15(21)20-9-7-17(8-10-20,16(22)23)24-13-6-4-3-5-12(13)18/h3-6,11,14H,7-10,19H2,1-2H3,(H,22,23)/t14-/m1/s1. The first-order valence-corrected chi connectivity index (χ1v) is 7.98. The van der Waals surface area contributed by atoms with Crippen LogP contribution >= 0.6 is 0 Å². The number of carbonyl (C=O) groups excluding carboxylic acids is 1. The van der Waals surface area contributed by atoms with E-state index in [9.17, 15) is 19.1 Å². The van der Waals surface area contributed by atoms with Gasteiger partial charge in [0, 0.05) is 25.9 Å². The summed E-state index contributed by atoms with van der Waals surface area (Å²) in [5, 5.41) is 9.59. The summed E-state index contributed by atoms with van der Waals surface area (Å²) in [6.45, 7) is 4.13. The van der Waals surface area contributed by atoms with Crippen molar-refractivity contribution in [3.05, 3.63) is 30.1 Å². The van der Waals surface area contributed by atoms with E-state index < -0.39 is 23.4 Å². The van der Waals surface area contributed by atoms with Gasteiger partial charge in [0.1, 0.15) is 0 Å². The summed E-state index contributed by atoms with van der Waals surface area (Å²) < 4.78 is 19.3. The Balaban J connectivity index is 2.11. The van der Waals surface area contributed by atoms with E-state index in [2.05, 4.69) is 0 Å². The lowest BCUT2D eigenvalue weighted by atomic mass is 9.90. The first-order chi connectivity index (χ1) is 11.3. The summed E-state index contributed by atoms with van der Waals surface area (Å²) in [5.74, 6) is -2.07. The van der Waals surface area contributed by atoms with Gasteiger partial charge in [0.05, 0.1) is 6.04 Å². The van der Waals surface area contributed by atoms with Gasteiger partial charge in [-0.2, -0.15) is 0 Å². The molecular formula is C17H23FN2O4. The van der Waals surface area contributed by atoms with E-state index in [-0.39, 0.29) is 43.5 Å². The predicted octanol–water partition coefficient (Wildman–Crippen LogP) is 1.63. The third-order valence-corrected chi connectivity index (χ3v) is 4.42. The Hall–Kier alpha value is -2.15. The molecule has 2 rings (SSSR count). The second-order valence-corrected chi connectivity index (χ2v) is 6.43. The molecule has 6 nitrogen and oxygen atoms in total. The van der Waals surface area contributed by atoms with Crippen LogP contribution < -0.4 is 10.5 Å². The van der Waals surface area contributed by atoms with Crippen molar-refractivity contribution < 1.29 is 23.8 Å². The molecule has 0 unspecified atom stereocenters. The molecule has 0 radical (unpaired) electrons. The van der Waals surface area contributed by atoms with Crippen LogP contribution in [0, 0.1) is 11.7 Å². The molecule has 1 amide bonds. The summed E-state index contributed by atoms with van der Waals surface area (Å²) in [5.41, 5.74) is 4.33. The van der Waals surface area contributed by atoms with Crippen molar-refractivity contribution in [2.45, 2.75) is 38.3 Å². The lowest BCUT2D eigenvalue weighted by Crippen LogP contribution is -2.57. The molecular weight excluding hydrogens is 315 g/mol. The molecule has 1 saturated heterocycles. The molecule has 3 N–H and O–H groups in total. The van der Waals surface area contributed by atoms with Crippen molar-refractivity contribution in [2.75, 3.05) is 13.1 Å². The fourth-order valence-electron chi connectivity index (χ4n) is 2.68. The van der Waals surface area contributed by atoms with Gasteiger partial charge in [0.15, 0.2) is 11.6 Å². The predicted molar refractivity (Wildman–Crippen MR) is 86.0 cm³/mol. The molecule has 1 aromatic rings. The van der Waals surface area contributed by atoms with Gasteiger partial charge in [-0.05, 0) is 18.1 Å². The van der Waals surface area contributed by atoms with Crippen molar-refractivity contribution in [3.8, 4) is 5.75 Å². The highest BCUT2D eigenvalue weighted by Crippen LogP contribution is 2.31. The third kappa shape index (κ3) is 3.67. The number of aliphatic carboxylic acids is 1. The molecule has 1 fully saturated rings. The first-order valence-electron chi connectivity index (χ1n) is 7.98. The molecule has 1 heterocycles. The minimum Gasteiger partial charge on any atom is -0.478 e. The molecule has 7 heteroatoms. The van der Waals surface area contributed by atoms with E-state index in [1.54, 1.807) is 11.0 Å². The van der Waals surface area contributed by atoms with Gasteiger partial charge in [-0.3, -0.25) is 4.79 Å². The van der Waals surface area contributed by atoms with Gasteiger partial charge in [0.25, 0.3) is 0 Å². The number of para-hydroxylation sites is 1. The molecule has 1 aliphatic heterocycles. The zero-order valence-electron chi connectivity index (χ0n) is 13.9. The normalized spacial score (nSPS) is 18.3. The fourth-order valence-corrected chi connectivity index (χ4v) is 2.68. The molecule has 0 aliphatic carbocycles. The fraction of sp³-hybridized carbons (Fsp3) is 0.529. The molecule has 1 aromatic carbocycles. The number of halogens is 1. The third-order valence-electron chi connectivity index (χ3n) is 4.42. The number of hydrogen-bond acceptors (Lipinski definition) is 4. The average Bonchev–Trinajstić information content (AvgIpc) is 2.56. The maximum absolute atomic E-state index is 13.8. The summed E-state index contributed by atoms with van der Waals surface area (Å²) in [6.07, 6.45) is 0.153. The second-order valence-electron chi connectivity index (χ2n) is 6.43. The Morgan fingerprint density at radius 3 is 2.38 bits per heavy atom. The highest BCUT2D eigenvalue weighted by atomic mass is 19.1. The SMILES string of the molecule is CC(C)[C@@H](N)C(=O)N1CCC(Oc2ccccc2F)(C(=O)O)CC1. The molecule has 0 aromatic heterocycles.